The molecule has 4 rings (SSSR count). The van der Waals surface area contributed by atoms with Crippen LogP contribution in [0, 0.1) is 0 Å². The second-order valence-electron chi connectivity index (χ2n) is 8.35. The standard InChI is InChI=1S/C26H25F3N4O2S/c1-36-33-23-11-7-19(15-30-23)25(34)32-21-9-5-17(6-10-21)13-18-3-2-4-22(14-18)35-24-12-8-20(16-31-24)26(27,28)29/h2-4,7-8,11-16,21H,5-6,9-10H2,1H3,(H,30,33)(H,32,34). The van der Waals surface area contributed by atoms with Gasteiger partial charge >= 0.3 is 6.18 Å². The van der Waals surface area contributed by atoms with Crippen molar-refractivity contribution in [2.75, 3.05) is 11.0 Å². The van der Waals surface area contributed by atoms with Crippen LogP contribution in [0.3, 0.4) is 0 Å². The van der Waals surface area contributed by atoms with E-state index < -0.39 is 11.7 Å². The van der Waals surface area contributed by atoms with E-state index in [4.69, 9.17) is 4.74 Å². The SMILES string of the molecule is CSNc1ccc(C(=O)NC2CCC(=Cc3cccc(Oc4ccc(C(F)(F)F)cn4)c3)CC2)cn1. The maximum absolute atomic E-state index is 12.7. The number of carbonyl (C=O) groups is 1. The summed E-state index contributed by atoms with van der Waals surface area (Å²) in [5.74, 6) is 1.16. The molecule has 36 heavy (non-hydrogen) atoms. The third-order valence-electron chi connectivity index (χ3n) is 5.71. The summed E-state index contributed by atoms with van der Waals surface area (Å²) in [7, 11) is 0. The largest absolute Gasteiger partial charge is 0.439 e. The van der Waals surface area contributed by atoms with Crippen LogP contribution < -0.4 is 14.8 Å². The number of benzene rings is 1. The van der Waals surface area contributed by atoms with E-state index in [1.165, 1.54) is 23.6 Å². The summed E-state index contributed by atoms with van der Waals surface area (Å²) in [6.45, 7) is 0. The Morgan fingerprint density at radius 2 is 1.89 bits per heavy atom. The van der Waals surface area contributed by atoms with Gasteiger partial charge in [-0.25, -0.2) is 9.97 Å². The number of allylic oxidation sites excluding steroid dienone is 1. The fraction of sp³-hybridized carbons (Fsp3) is 0.269. The number of amides is 1. The Morgan fingerprint density at radius 1 is 1.08 bits per heavy atom. The summed E-state index contributed by atoms with van der Waals surface area (Å²) < 4.78 is 46.8. The zero-order valence-corrected chi connectivity index (χ0v) is 20.3. The minimum atomic E-state index is -4.44. The van der Waals surface area contributed by atoms with Gasteiger partial charge in [-0.15, -0.1) is 0 Å². The van der Waals surface area contributed by atoms with Crippen molar-refractivity contribution in [3.8, 4) is 11.6 Å². The molecular weight excluding hydrogens is 489 g/mol. The molecule has 0 bridgehead atoms. The number of aromatic nitrogens is 2. The highest BCUT2D eigenvalue weighted by Gasteiger charge is 2.30. The molecule has 1 aromatic carbocycles. The first-order valence-electron chi connectivity index (χ1n) is 11.4. The van der Waals surface area contributed by atoms with Crippen molar-refractivity contribution in [1.82, 2.24) is 15.3 Å². The molecule has 1 saturated carbocycles. The topological polar surface area (TPSA) is 76.1 Å². The molecule has 6 nitrogen and oxygen atoms in total. The van der Waals surface area contributed by atoms with Crippen molar-refractivity contribution in [3.63, 3.8) is 0 Å². The maximum atomic E-state index is 12.7. The number of hydrogen-bond acceptors (Lipinski definition) is 6. The second kappa shape index (κ2) is 11.5. The molecule has 2 aromatic heterocycles. The summed E-state index contributed by atoms with van der Waals surface area (Å²) in [4.78, 5) is 20.5. The van der Waals surface area contributed by atoms with Gasteiger partial charge < -0.3 is 14.8 Å². The lowest BCUT2D eigenvalue weighted by atomic mass is 9.89. The van der Waals surface area contributed by atoms with Gasteiger partial charge in [-0.05, 0) is 61.6 Å². The van der Waals surface area contributed by atoms with Crippen molar-refractivity contribution >= 4 is 29.7 Å². The average molecular weight is 515 g/mol. The first-order chi connectivity index (χ1) is 17.3. The van der Waals surface area contributed by atoms with E-state index in [1.807, 2.05) is 24.5 Å². The van der Waals surface area contributed by atoms with Gasteiger partial charge in [0.15, 0.2) is 0 Å². The number of nitrogens with zero attached hydrogens (tertiary/aromatic N) is 2. The van der Waals surface area contributed by atoms with Crippen LogP contribution in [0.5, 0.6) is 11.6 Å². The van der Waals surface area contributed by atoms with E-state index in [0.29, 0.717) is 17.1 Å². The third kappa shape index (κ3) is 7.00. The summed E-state index contributed by atoms with van der Waals surface area (Å²) in [6, 6.07) is 13.1. The van der Waals surface area contributed by atoms with Gasteiger partial charge in [0.25, 0.3) is 5.91 Å². The smallest absolute Gasteiger partial charge is 0.417 e. The first-order valence-corrected chi connectivity index (χ1v) is 12.6. The average Bonchev–Trinajstić information content (AvgIpc) is 2.86. The minimum absolute atomic E-state index is 0.0920. The molecule has 1 aliphatic carbocycles. The second-order valence-corrected chi connectivity index (χ2v) is 8.96. The van der Waals surface area contributed by atoms with Gasteiger partial charge in [-0.2, -0.15) is 13.2 Å². The number of halogens is 3. The summed E-state index contributed by atoms with van der Waals surface area (Å²) in [5.41, 5.74) is 1.90. The van der Waals surface area contributed by atoms with Crippen LogP contribution >= 0.6 is 11.9 Å². The number of hydrogen-bond donors (Lipinski definition) is 2. The van der Waals surface area contributed by atoms with Crippen molar-refractivity contribution < 1.29 is 22.7 Å². The van der Waals surface area contributed by atoms with Gasteiger partial charge in [0.1, 0.15) is 11.6 Å². The molecule has 0 unspecified atom stereocenters. The van der Waals surface area contributed by atoms with Crippen LogP contribution in [-0.2, 0) is 6.18 Å². The van der Waals surface area contributed by atoms with Crippen LogP contribution in [0.25, 0.3) is 6.08 Å². The molecule has 0 saturated heterocycles. The monoisotopic (exact) mass is 514 g/mol. The van der Waals surface area contributed by atoms with Gasteiger partial charge in [0.05, 0.1) is 11.1 Å². The van der Waals surface area contributed by atoms with Crippen LogP contribution in [0.1, 0.15) is 47.2 Å². The van der Waals surface area contributed by atoms with E-state index >= 15 is 0 Å². The van der Waals surface area contributed by atoms with E-state index in [1.54, 1.807) is 24.4 Å². The van der Waals surface area contributed by atoms with Crippen LogP contribution in [0.2, 0.25) is 0 Å². The van der Waals surface area contributed by atoms with E-state index in [9.17, 15) is 18.0 Å². The fourth-order valence-corrected chi connectivity index (χ4v) is 4.20. The molecule has 1 fully saturated rings. The van der Waals surface area contributed by atoms with Crippen molar-refractivity contribution in [2.45, 2.75) is 37.9 Å². The summed E-state index contributed by atoms with van der Waals surface area (Å²) >= 11 is 1.44. The molecule has 1 amide bonds. The number of anilines is 1. The van der Waals surface area contributed by atoms with Crippen molar-refractivity contribution in [3.05, 3.63) is 83.2 Å². The molecule has 2 heterocycles. The number of ether oxygens (including phenoxy) is 1. The van der Waals surface area contributed by atoms with Crippen molar-refractivity contribution in [1.29, 1.82) is 0 Å². The molecule has 0 radical (unpaired) electrons. The molecule has 0 aliphatic heterocycles. The Labute approximate surface area is 211 Å². The zero-order valence-electron chi connectivity index (χ0n) is 19.5. The lowest BCUT2D eigenvalue weighted by molar-refractivity contribution is -0.137. The Hall–Kier alpha value is -3.53. The van der Waals surface area contributed by atoms with Gasteiger partial charge in [0, 0.05) is 30.8 Å². The van der Waals surface area contributed by atoms with Crippen LogP contribution in [0.4, 0.5) is 19.0 Å². The number of carbonyl (C=O) groups excluding carboxylic acids is 1. The zero-order chi connectivity index (χ0) is 25.5. The molecule has 2 N–H and O–H groups in total. The third-order valence-corrected chi connectivity index (χ3v) is 6.12. The van der Waals surface area contributed by atoms with E-state index in [-0.39, 0.29) is 17.8 Å². The molecule has 1 aliphatic rings. The molecule has 3 aromatic rings. The minimum Gasteiger partial charge on any atom is -0.439 e. The maximum Gasteiger partial charge on any atom is 0.417 e. The molecule has 0 atom stereocenters. The molecule has 10 heteroatoms. The number of nitrogens with one attached hydrogen (secondary N) is 2. The predicted molar refractivity (Wildman–Crippen MR) is 135 cm³/mol. The molecular formula is C26H25F3N4O2S. The number of alkyl halides is 3. The summed E-state index contributed by atoms with van der Waals surface area (Å²) in [5, 5.41) is 3.09. The Bertz CT molecular complexity index is 1210. The number of rotatable bonds is 7. The molecule has 0 spiro atoms. The normalized spacial score (nSPS) is 15.8. The number of pyridine rings is 2. The fourth-order valence-electron chi connectivity index (χ4n) is 3.87. The summed E-state index contributed by atoms with van der Waals surface area (Å²) in [6.07, 6.45) is 5.26. The highest BCUT2D eigenvalue weighted by Crippen LogP contribution is 2.31. The Morgan fingerprint density at radius 3 is 2.53 bits per heavy atom. The van der Waals surface area contributed by atoms with Gasteiger partial charge in [0.2, 0.25) is 5.88 Å². The Balaban J connectivity index is 1.31. The van der Waals surface area contributed by atoms with E-state index in [0.717, 1.165) is 43.5 Å². The first kappa shape index (κ1) is 25.6. The van der Waals surface area contributed by atoms with Crippen molar-refractivity contribution in [2.24, 2.45) is 0 Å². The van der Waals surface area contributed by atoms with Crippen LogP contribution in [-0.4, -0.2) is 28.2 Å². The van der Waals surface area contributed by atoms with E-state index in [2.05, 4.69) is 26.1 Å². The predicted octanol–water partition coefficient (Wildman–Crippen LogP) is 6.73. The lowest BCUT2D eigenvalue weighted by Gasteiger charge is -2.25. The highest BCUT2D eigenvalue weighted by atomic mass is 32.2. The highest BCUT2D eigenvalue weighted by molar-refractivity contribution is 7.99. The quantitative estimate of drug-likeness (QED) is 0.341. The molecule has 188 valence electrons. The van der Waals surface area contributed by atoms with Crippen LogP contribution in [0.15, 0.2) is 66.5 Å². The van der Waals surface area contributed by atoms with Gasteiger partial charge in [-0.3, -0.25) is 4.79 Å². The lowest BCUT2D eigenvalue weighted by Crippen LogP contribution is -2.36. The Kier molecular flexibility index (Phi) is 8.14. The van der Waals surface area contributed by atoms with Gasteiger partial charge in [-0.1, -0.05) is 35.7 Å².